The van der Waals surface area contributed by atoms with Crippen LogP contribution in [0.5, 0.6) is 0 Å². The van der Waals surface area contributed by atoms with Crippen LogP contribution in [-0.2, 0) is 6.18 Å². The third-order valence-electron chi connectivity index (χ3n) is 3.94. The van der Waals surface area contributed by atoms with Gasteiger partial charge in [-0.3, -0.25) is 0 Å². The lowest BCUT2D eigenvalue weighted by atomic mass is 10.1. The zero-order chi connectivity index (χ0) is 20.3. The summed E-state index contributed by atoms with van der Waals surface area (Å²) in [5, 5.41) is 2.99. The number of nitrogens with two attached hydrogens (primary N) is 1. The number of nitrogens with one attached hydrogen (secondary N) is 1. The minimum atomic E-state index is -4.68. The van der Waals surface area contributed by atoms with Crippen molar-refractivity contribution in [2.45, 2.75) is 16.0 Å². The second-order valence-electron chi connectivity index (χ2n) is 5.68. The summed E-state index contributed by atoms with van der Waals surface area (Å²) < 4.78 is 41.2. The Balaban J connectivity index is 2.19. The van der Waals surface area contributed by atoms with Gasteiger partial charge in [0.15, 0.2) is 0 Å². The van der Waals surface area contributed by atoms with Gasteiger partial charge in [-0.15, -0.1) is 23.5 Å². The highest BCUT2D eigenvalue weighted by atomic mass is 32.2. The normalized spacial score (nSPS) is 11.5. The summed E-state index contributed by atoms with van der Waals surface area (Å²) in [4.78, 5) is 9.66. The molecule has 0 amide bonds. The van der Waals surface area contributed by atoms with Gasteiger partial charge in [0.1, 0.15) is 11.4 Å². The van der Waals surface area contributed by atoms with E-state index in [0.717, 1.165) is 4.90 Å². The zero-order valence-electron chi connectivity index (χ0n) is 15.0. The van der Waals surface area contributed by atoms with Crippen LogP contribution in [0.25, 0.3) is 11.3 Å². The van der Waals surface area contributed by atoms with Crippen molar-refractivity contribution in [3.8, 4) is 11.3 Å². The Bertz CT molecular complexity index is 993. The van der Waals surface area contributed by atoms with E-state index in [2.05, 4.69) is 15.3 Å². The molecule has 0 saturated carbocycles. The largest absolute Gasteiger partial charge is 0.422 e. The fraction of sp³-hybridized carbons (Fsp3) is 0.158. The maximum Gasteiger partial charge on any atom is 0.422 e. The monoisotopic (exact) mass is 422 g/mol. The lowest BCUT2D eigenvalue weighted by Crippen LogP contribution is -2.15. The molecule has 3 aromatic rings. The Hall–Kier alpha value is -2.39. The van der Waals surface area contributed by atoms with Gasteiger partial charge in [-0.05, 0) is 30.7 Å². The maximum atomic E-state index is 13.7. The molecule has 1 aromatic heterocycles. The van der Waals surface area contributed by atoms with Gasteiger partial charge in [-0.25, -0.2) is 4.98 Å². The second kappa shape index (κ2) is 8.32. The van der Waals surface area contributed by atoms with Gasteiger partial charge in [-0.2, -0.15) is 18.2 Å². The molecule has 0 radical (unpaired) electrons. The van der Waals surface area contributed by atoms with Gasteiger partial charge >= 0.3 is 6.18 Å². The van der Waals surface area contributed by atoms with Gasteiger partial charge < -0.3 is 11.1 Å². The number of aromatic nitrogens is 2. The number of nitrogens with zero attached hydrogens (tertiary/aromatic N) is 2. The second-order valence-corrected chi connectivity index (χ2v) is 7.38. The van der Waals surface area contributed by atoms with Crippen LogP contribution in [0.2, 0.25) is 0 Å². The molecule has 3 rings (SSSR count). The highest BCUT2D eigenvalue weighted by Gasteiger charge is 2.39. The molecule has 0 bridgehead atoms. The number of thioether (sulfide) groups is 2. The lowest BCUT2D eigenvalue weighted by Gasteiger charge is -2.18. The predicted molar refractivity (Wildman–Crippen MR) is 110 cm³/mol. The molecule has 0 spiro atoms. The van der Waals surface area contributed by atoms with Gasteiger partial charge in [0, 0.05) is 15.4 Å². The molecule has 0 unspecified atom stereocenters. The van der Waals surface area contributed by atoms with E-state index >= 15 is 0 Å². The van der Waals surface area contributed by atoms with Crippen molar-refractivity contribution in [3.63, 3.8) is 0 Å². The van der Waals surface area contributed by atoms with E-state index in [-0.39, 0.29) is 11.6 Å². The van der Waals surface area contributed by atoms with E-state index in [1.807, 2.05) is 24.5 Å². The molecule has 0 aliphatic rings. The fourth-order valence-electron chi connectivity index (χ4n) is 2.72. The smallest absolute Gasteiger partial charge is 0.383 e. The summed E-state index contributed by atoms with van der Waals surface area (Å²) >= 11 is 2.84. The van der Waals surface area contributed by atoms with E-state index in [9.17, 15) is 13.2 Å². The molecule has 2 aromatic carbocycles. The van der Waals surface area contributed by atoms with Crippen LogP contribution >= 0.6 is 23.5 Å². The summed E-state index contributed by atoms with van der Waals surface area (Å²) in [5.41, 5.74) is 5.52. The molecule has 9 heteroatoms. The number of halogens is 3. The summed E-state index contributed by atoms with van der Waals surface area (Å²) in [5.74, 6) is -0.601. The first kappa shape index (κ1) is 20.3. The summed E-state index contributed by atoms with van der Waals surface area (Å²) in [6.45, 7) is 0. The molecule has 4 nitrogen and oxygen atoms in total. The summed E-state index contributed by atoms with van der Waals surface area (Å²) in [6.07, 6.45) is -0.978. The minimum Gasteiger partial charge on any atom is -0.383 e. The van der Waals surface area contributed by atoms with Crippen LogP contribution in [-0.4, -0.2) is 22.5 Å². The van der Waals surface area contributed by atoms with Crippen molar-refractivity contribution in [1.29, 1.82) is 0 Å². The van der Waals surface area contributed by atoms with Crippen LogP contribution in [0, 0.1) is 0 Å². The van der Waals surface area contributed by atoms with Crippen molar-refractivity contribution in [2.24, 2.45) is 0 Å². The number of hydrogen-bond acceptors (Lipinski definition) is 6. The highest BCUT2D eigenvalue weighted by molar-refractivity contribution is 7.99. The van der Waals surface area contributed by atoms with Crippen LogP contribution < -0.4 is 11.1 Å². The minimum absolute atomic E-state index is 0.0120. The molecule has 1 heterocycles. The molecule has 28 heavy (non-hydrogen) atoms. The first-order valence-corrected chi connectivity index (χ1v) is 10.6. The van der Waals surface area contributed by atoms with Gasteiger partial charge in [0.2, 0.25) is 5.95 Å². The van der Waals surface area contributed by atoms with E-state index in [1.165, 1.54) is 23.5 Å². The topological polar surface area (TPSA) is 63.8 Å². The number of hydrogen-bond donors (Lipinski definition) is 2. The molecule has 0 aliphatic heterocycles. The van der Waals surface area contributed by atoms with Gasteiger partial charge in [0.25, 0.3) is 0 Å². The summed E-state index contributed by atoms with van der Waals surface area (Å²) in [7, 11) is 0. The van der Waals surface area contributed by atoms with Crippen LogP contribution in [0.1, 0.15) is 5.56 Å². The van der Waals surface area contributed by atoms with E-state index in [4.69, 9.17) is 5.73 Å². The Morgan fingerprint density at radius 1 is 0.893 bits per heavy atom. The highest BCUT2D eigenvalue weighted by Crippen LogP contribution is 2.42. The lowest BCUT2D eigenvalue weighted by molar-refractivity contribution is -0.136. The van der Waals surface area contributed by atoms with Gasteiger partial charge in [-0.1, -0.05) is 30.3 Å². The van der Waals surface area contributed by atoms with Gasteiger partial charge in [0.05, 0.1) is 11.4 Å². The van der Waals surface area contributed by atoms with Crippen molar-refractivity contribution < 1.29 is 13.2 Å². The Morgan fingerprint density at radius 3 is 2.14 bits per heavy atom. The number of benzene rings is 2. The average molecular weight is 423 g/mol. The molecule has 146 valence electrons. The zero-order valence-corrected chi connectivity index (χ0v) is 16.7. The number of alkyl halides is 3. The maximum absolute atomic E-state index is 13.7. The van der Waals surface area contributed by atoms with Crippen LogP contribution in [0.4, 0.5) is 30.6 Å². The Kier molecular flexibility index (Phi) is 6.04. The van der Waals surface area contributed by atoms with Crippen LogP contribution in [0.15, 0.2) is 58.3 Å². The van der Waals surface area contributed by atoms with Crippen LogP contribution in [0.3, 0.4) is 0 Å². The quantitative estimate of drug-likeness (QED) is 0.497. The molecule has 3 N–H and O–H groups in total. The third kappa shape index (κ3) is 4.20. The standard InChI is InChI=1S/C19H17F3N4S2/c1-27-13-9-5-3-7-11(13)16-15(19(20,21)22)17(23)26-18(25-16)24-12-8-4-6-10-14(12)28-2/h3-10H,1-2H3,(H3,23,24,25,26). The van der Waals surface area contributed by atoms with Crippen molar-refractivity contribution in [3.05, 3.63) is 54.1 Å². The average Bonchev–Trinajstić information content (AvgIpc) is 2.66. The molecular formula is C19H17F3N4S2. The van der Waals surface area contributed by atoms with Crippen molar-refractivity contribution in [2.75, 3.05) is 23.6 Å². The third-order valence-corrected chi connectivity index (χ3v) is 5.53. The number of anilines is 3. The SMILES string of the molecule is CSc1ccccc1Nc1nc(N)c(C(F)(F)F)c(-c2ccccc2SC)n1. The molecular weight excluding hydrogens is 405 g/mol. The fourth-order valence-corrected chi connectivity index (χ4v) is 3.87. The van der Waals surface area contributed by atoms with Crippen molar-refractivity contribution in [1.82, 2.24) is 9.97 Å². The molecule has 0 saturated heterocycles. The predicted octanol–water partition coefficient (Wildman–Crippen LogP) is 5.93. The first-order valence-electron chi connectivity index (χ1n) is 8.13. The summed E-state index contributed by atoms with van der Waals surface area (Å²) in [6, 6.07) is 14.2. The Labute approximate surface area is 169 Å². The van der Waals surface area contributed by atoms with E-state index in [1.54, 1.807) is 36.6 Å². The van der Waals surface area contributed by atoms with Crippen molar-refractivity contribution >= 4 is 41.0 Å². The number of nitrogen functional groups attached to an aromatic ring is 1. The number of rotatable bonds is 5. The van der Waals surface area contributed by atoms with E-state index in [0.29, 0.717) is 16.1 Å². The number of para-hydroxylation sites is 1. The molecule has 0 fully saturated rings. The Morgan fingerprint density at radius 2 is 1.50 bits per heavy atom. The molecule has 0 aliphatic carbocycles. The first-order chi connectivity index (χ1) is 13.3. The molecule has 0 atom stereocenters. The van der Waals surface area contributed by atoms with E-state index < -0.39 is 17.6 Å².